The monoisotopic (exact) mass is 446 g/mol. The maximum atomic E-state index is 12.5. The number of nitrogens with one attached hydrogen (secondary N) is 1. The Labute approximate surface area is 184 Å². The number of carbonyl (C=O) groups is 3. The zero-order valence-electron chi connectivity index (χ0n) is 16.3. The molecule has 0 spiro atoms. The molecular weight excluding hydrogens is 424 g/mol. The van der Waals surface area contributed by atoms with Crippen LogP contribution in [0.3, 0.4) is 0 Å². The Morgan fingerprint density at radius 2 is 1.67 bits per heavy atom. The molecule has 158 valence electrons. The highest BCUT2D eigenvalue weighted by Crippen LogP contribution is 2.22. The van der Waals surface area contributed by atoms with E-state index in [1.165, 1.54) is 11.8 Å². The zero-order valence-corrected chi connectivity index (χ0v) is 17.9. The van der Waals surface area contributed by atoms with Crippen LogP contribution in [0, 0.1) is 0 Å². The molecule has 0 atom stereocenters. The van der Waals surface area contributed by atoms with Crippen LogP contribution in [0.15, 0.2) is 53.4 Å². The van der Waals surface area contributed by atoms with Crippen molar-refractivity contribution in [3.8, 4) is 0 Å². The lowest BCUT2D eigenvalue weighted by atomic mass is 10.2. The van der Waals surface area contributed by atoms with E-state index in [1.807, 2.05) is 24.3 Å². The molecular formula is C21H23ClN4O3S. The van der Waals surface area contributed by atoms with Gasteiger partial charge in [0.2, 0.25) is 11.8 Å². The van der Waals surface area contributed by atoms with Crippen LogP contribution in [0.5, 0.6) is 0 Å². The van der Waals surface area contributed by atoms with Gasteiger partial charge in [0.05, 0.1) is 17.9 Å². The summed E-state index contributed by atoms with van der Waals surface area (Å²) in [6, 6.07) is 14.6. The number of benzene rings is 2. The van der Waals surface area contributed by atoms with Gasteiger partial charge in [-0.3, -0.25) is 14.4 Å². The third kappa shape index (κ3) is 5.90. The van der Waals surface area contributed by atoms with Gasteiger partial charge >= 0.3 is 0 Å². The highest BCUT2D eigenvalue weighted by Gasteiger charge is 2.22. The number of hydrogen-bond donors (Lipinski definition) is 2. The molecule has 1 saturated heterocycles. The summed E-state index contributed by atoms with van der Waals surface area (Å²) in [6.07, 6.45) is 0. The van der Waals surface area contributed by atoms with Crippen molar-refractivity contribution in [1.29, 1.82) is 0 Å². The molecule has 1 fully saturated rings. The first kappa shape index (κ1) is 22.0. The minimum absolute atomic E-state index is 0.0748. The summed E-state index contributed by atoms with van der Waals surface area (Å²) in [5.41, 5.74) is 6.68. The van der Waals surface area contributed by atoms with Gasteiger partial charge in [-0.1, -0.05) is 23.7 Å². The lowest BCUT2D eigenvalue weighted by Crippen LogP contribution is -2.51. The maximum absolute atomic E-state index is 12.5. The Balaban J connectivity index is 1.50. The van der Waals surface area contributed by atoms with Gasteiger partial charge in [0.15, 0.2) is 0 Å². The van der Waals surface area contributed by atoms with Crippen LogP contribution in [0.2, 0.25) is 5.02 Å². The highest BCUT2D eigenvalue weighted by molar-refractivity contribution is 8.00. The molecule has 0 saturated carbocycles. The summed E-state index contributed by atoms with van der Waals surface area (Å²) in [5, 5.41) is 3.38. The molecule has 0 bridgehead atoms. The van der Waals surface area contributed by atoms with Crippen LogP contribution >= 0.6 is 23.4 Å². The van der Waals surface area contributed by atoms with Gasteiger partial charge in [-0.25, -0.2) is 0 Å². The predicted molar refractivity (Wildman–Crippen MR) is 119 cm³/mol. The average Bonchev–Trinajstić information content (AvgIpc) is 2.76. The summed E-state index contributed by atoms with van der Waals surface area (Å²) in [5.74, 6) is -0.846. The van der Waals surface area contributed by atoms with Gasteiger partial charge in [0, 0.05) is 41.8 Å². The van der Waals surface area contributed by atoms with Crippen LogP contribution in [0.25, 0.3) is 0 Å². The number of piperazine rings is 1. The van der Waals surface area contributed by atoms with Crippen molar-refractivity contribution in [3.63, 3.8) is 0 Å². The standard InChI is InChI=1S/C21H23ClN4O3S/c22-15-5-7-16(8-6-15)25-9-11-26(12-10-25)20(28)13-24-21(29)17-3-1-2-4-18(17)30-14-19(23)27/h1-8H,9-14H2,(H2,23,27)(H,24,29). The van der Waals surface area contributed by atoms with Gasteiger partial charge in [-0.05, 0) is 36.4 Å². The molecule has 7 nitrogen and oxygen atoms in total. The van der Waals surface area contributed by atoms with Crippen LogP contribution in [-0.4, -0.2) is 61.1 Å². The lowest BCUT2D eigenvalue weighted by Gasteiger charge is -2.36. The summed E-state index contributed by atoms with van der Waals surface area (Å²) in [4.78, 5) is 40.7. The first-order valence-corrected chi connectivity index (χ1v) is 10.9. The van der Waals surface area contributed by atoms with Crippen LogP contribution in [0.4, 0.5) is 5.69 Å². The Morgan fingerprint density at radius 1 is 1.00 bits per heavy atom. The molecule has 0 unspecified atom stereocenters. The SMILES string of the molecule is NC(=O)CSc1ccccc1C(=O)NCC(=O)N1CCN(c2ccc(Cl)cc2)CC1. The first-order chi connectivity index (χ1) is 14.4. The molecule has 0 aliphatic carbocycles. The number of amides is 3. The summed E-state index contributed by atoms with van der Waals surface area (Å²) >= 11 is 7.13. The fourth-order valence-corrected chi connectivity index (χ4v) is 4.07. The van der Waals surface area contributed by atoms with E-state index >= 15 is 0 Å². The van der Waals surface area contributed by atoms with E-state index in [0.29, 0.717) is 41.7 Å². The number of thioether (sulfide) groups is 1. The van der Waals surface area contributed by atoms with Gasteiger partial charge in [-0.2, -0.15) is 0 Å². The minimum atomic E-state index is -0.455. The Hall–Kier alpha value is -2.71. The van der Waals surface area contributed by atoms with E-state index in [2.05, 4.69) is 10.2 Å². The minimum Gasteiger partial charge on any atom is -0.369 e. The van der Waals surface area contributed by atoms with Crippen LogP contribution < -0.4 is 16.0 Å². The molecule has 1 heterocycles. The number of primary amides is 1. The van der Waals surface area contributed by atoms with E-state index < -0.39 is 5.91 Å². The van der Waals surface area contributed by atoms with Crippen molar-refractivity contribution in [2.24, 2.45) is 5.73 Å². The molecule has 2 aromatic carbocycles. The maximum Gasteiger partial charge on any atom is 0.252 e. The average molecular weight is 447 g/mol. The summed E-state index contributed by atoms with van der Waals surface area (Å²) in [6.45, 7) is 2.53. The number of carbonyl (C=O) groups excluding carboxylic acids is 3. The van der Waals surface area contributed by atoms with Crippen molar-refractivity contribution < 1.29 is 14.4 Å². The van der Waals surface area contributed by atoms with Gasteiger partial charge < -0.3 is 20.9 Å². The van der Waals surface area contributed by atoms with Gasteiger partial charge in [-0.15, -0.1) is 11.8 Å². The Kier molecular flexibility index (Phi) is 7.59. The van der Waals surface area contributed by atoms with E-state index in [0.717, 1.165) is 5.69 Å². The zero-order chi connectivity index (χ0) is 21.5. The van der Waals surface area contributed by atoms with E-state index in [4.69, 9.17) is 17.3 Å². The first-order valence-electron chi connectivity index (χ1n) is 9.50. The molecule has 3 amide bonds. The molecule has 9 heteroatoms. The van der Waals surface area contributed by atoms with Crippen molar-refractivity contribution in [2.75, 3.05) is 43.4 Å². The third-order valence-corrected chi connectivity index (χ3v) is 6.07. The Morgan fingerprint density at radius 3 is 2.33 bits per heavy atom. The van der Waals surface area contributed by atoms with Crippen molar-refractivity contribution in [2.45, 2.75) is 4.90 Å². The predicted octanol–water partition coefficient (Wildman–Crippen LogP) is 2.00. The molecule has 1 aliphatic heterocycles. The molecule has 3 N–H and O–H groups in total. The van der Waals surface area contributed by atoms with Crippen molar-refractivity contribution >= 4 is 46.8 Å². The molecule has 30 heavy (non-hydrogen) atoms. The second-order valence-corrected chi connectivity index (χ2v) is 8.23. The van der Waals surface area contributed by atoms with E-state index in [1.54, 1.807) is 29.2 Å². The van der Waals surface area contributed by atoms with E-state index in [9.17, 15) is 14.4 Å². The number of nitrogens with two attached hydrogens (primary N) is 1. The molecule has 0 aromatic heterocycles. The van der Waals surface area contributed by atoms with Crippen molar-refractivity contribution in [1.82, 2.24) is 10.2 Å². The summed E-state index contributed by atoms with van der Waals surface area (Å²) in [7, 11) is 0. The fraction of sp³-hybridized carbons (Fsp3) is 0.286. The third-order valence-electron chi connectivity index (χ3n) is 4.73. The quantitative estimate of drug-likeness (QED) is 0.634. The van der Waals surface area contributed by atoms with Gasteiger partial charge in [0.25, 0.3) is 5.91 Å². The number of halogens is 1. The second kappa shape index (κ2) is 10.4. The molecule has 0 radical (unpaired) electrons. The topological polar surface area (TPSA) is 95.7 Å². The largest absolute Gasteiger partial charge is 0.369 e. The van der Waals surface area contributed by atoms with E-state index in [-0.39, 0.29) is 24.1 Å². The number of rotatable bonds is 7. The van der Waals surface area contributed by atoms with Crippen LogP contribution in [0.1, 0.15) is 10.4 Å². The second-order valence-electron chi connectivity index (χ2n) is 6.78. The molecule has 3 rings (SSSR count). The molecule has 1 aliphatic rings. The number of nitrogens with zero attached hydrogens (tertiary/aromatic N) is 2. The Bertz CT molecular complexity index is 915. The van der Waals surface area contributed by atoms with Crippen molar-refractivity contribution in [3.05, 3.63) is 59.1 Å². The smallest absolute Gasteiger partial charge is 0.252 e. The van der Waals surface area contributed by atoms with Gasteiger partial charge in [0.1, 0.15) is 0 Å². The molecule has 2 aromatic rings. The van der Waals surface area contributed by atoms with Crippen LogP contribution in [-0.2, 0) is 9.59 Å². The fourth-order valence-electron chi connectivity index (χ4n) is 3.16. The highest BCUT2D eigenvalue weighted by atomic mass is 35.5. The normalized spacial score (nSPS) is 13.8. The number of anilines is 1. The summed E-state index contributed by atoms with van der Waals surface area (Å²) < 4.78 is 0. The number of hydrogen-bond acceptors (Lipinski definition) is 5. The lowest BCUT2D eigenvalue weighted by molar-refractivity contribution is -0.130.